The number of nitrogens with two attached hydrogens (primary N) is 1. The van der Waals surface area contributed by atoms with Crippen molar-refractivity contribution in [1.82, 2.24) is 15.5 Å². The summed E-state index contributed by atoms with van der Waals surface area (Å²) in [6.45, 7) is -1.57. The molecule has 0 spiro atoms. The van der Waals surface area contributed by atoms with Crippen molar-refractivity contribution in [3.05, 3.63) is 0 Å². The molecule has 0 aliphatic carbocycles. The first-order valence-corrected chi connectivity index (χ1v) is 8.45. The van der Waals surface area contributed by atoms with Gasteiger partial charge in [-0.1, -0.05) is 0 Å². The van der Waals surface area contributed by atoms with E-state index in [1.165, 1.54) is 0 Å². The van der Waals surface area contributed by atoms with Crippen molar-refractivity contribution in [3.8, 4) is 0 Å². The number of aliphatic carboxylic acids is 2. The van der Waals surface area contributed by atoms with Crippen molar-refractivity contribution in [2.45, 2.75) is 43.4 Å². The van der Waals surface area contributed by atoms with Gasteiger partial charge in [-0.15, -0.1) is 0 Å². The number of aliphatic hydroxyl groups is 2. The summed E-state index contributed by atoms with van der Waals surface area (Å²) < 4.78 is 0. The minimum absolute atomic E-state index is 0.172. The van der Waals surface area contributed by atoms with E-state index in [4.69, 9.17) is 21.1 Å². The van der Waals surface area contributed by atoms with E-state index in [1.54, 1.807) is 0 Å². The van der Waals surface area contributed by atoms with Crippen LogP contribution in [-0.2, 0) is 24.0 Å². The summed E-state index contributed by atoms with van der Waals surface area (Å²) in [7, 11) is 0. The number of hydrogen-bond acceptors (Lipinski definition) is 8. The fourth-order valence-corrected chi connectivity index (χ4v) is 2.71. The van der Waals surface area contributed by atoms with Crippen LogP contribution in [0.3, 0.4) is 0 Å². The number of likely N-dealkylation sites (tertiary alicyclic amines) is 1. The molecule has 0 aromatic rings. The molecule has 1 aliphatic heterocycles. The van der Waals surface area contributed by atoms with E-state index in [2.05, 4.69) is 5.32 Å². The molecular formula is C15H24N4O9. The highest BCUT2D eigenvalue weighted by Crippen LogP contribution is 2.19. The molecule has 4 unspecified atom stereocenters. The van der Waals surface area contributed by atoms with Crippen molar-refractivity contribution in [2.24, 2.45) is 5.73 Å². The van der Waals surface area contributed by atoms with Crippen molar-refractivity contribution >= 4 is 29.7 Å². The SMILES string of the molecule is NC(CC(=O)O)C(=O)N1CCCC1C(=O)NC(CO)C(=O)NC(CO)C(=O)O. The summed E-state index contributed by atoms with van der Waals surface area (Å²) in [5.74, 6) is -5.31. The van der Waals surface area contributed by atoms with Crippen LogP contribution in [0.5, 0.6) is 0 Å². The fourth-order valence-electron chi connectivity index (χ4n) is 2.71. The number of carboxylic acid groups (broad SMARTS) is 2. The number of carbonyl (C=O) groups is 5. The monoisotopic (exact) mass is 404 g/mol. The number of nitrogens with zero attached hydrogens (tertiary/aromatic N) is 1. The van der Waals surface area contributed by atoms with Gasteiger partial charge in [-0.2, -0.15) is 0 Å². The number of rotatable bonds is 10. The molecule has 1 heterocycles. The Morgan fingerprint density at radius 2 is 1.64 bits per heavy atom. The Morgan fingerprint density at radius 1 is 1.04 bits per heavy atom. The Labute approximate surface area is 159 Å². The molecule has 13 nitrogen and oxygen atoms in total. The average molecular weight is 404 g/mol. The maximum absolute atomic E-state index is 12.4. The molecule has 1 fully saturated rings. The second-order valence-corrected chi connectivity index (χ2v) is 6.22. The summed E-state index contributed by atoms with van der Waals surface area (Å²) in [4.78, 5) is 59.4. The second kappa shape index (κ2) is 10.5. The third kappa shape index (κ3) is 6.14. The van der Waals surface area contributed by atoms with E-state index in [-0.39, 0.29) is 13.0 Å². The van der Waals surface area contributed by atoms with Gasteiger partial charge in [0.05, 0.1) is 25.7 Å². The molecule has 0 radical (unpaired) electrons. The molecule has 0 aromatic carbocycles. The topological polar surface area (TPSA) is 220 Å². The Kier molecular flexibility index (Phi) is 8.76. The van der Waals surface area contributed by atoms with Gasteiger partial charge in [-0.25, -0.2) is 4.79 Å². The Hall–Kier alpha value is -2.77. The molecule has 28 heavy (non-hydrogen) atoms. The maximum Gasteiger partial charge on any atom is 0.328 e. The molecule has 1 rings (SSSR count). The van der Waals surface area contributed by atoms with Crippen molar-refractivity contribution in [1.29, 1.82) is 0 Å². The summed E-state index contributed by atoms with van der Waals surface area (Å²) in [6.07, 6.45) is 0.0831. The predicted octanol–water partition coefficient (Wildman–Crippen LogP) is -4.18. The predicted molar refractivity (Wildman–Crippen MR) is 90.6 cm³/mol. The number of nitrogens with one attached hydrogen (secondary N) is 2. The van der Waals surface area contributed by atoms with Crippen molar-refractivity contribution in [3.63, 3.8) is 0 Å². The molecule has 0 bridgehead atoms. The van der Waals surface area contributed by atoms with Crippen LogP contribution in [0.15, 0.2) is 0 Å². The molecule has 0 aromatic heterocycles. The second-order valence-electron chi connectivity index (χ2n) is 6.22. The highest BCUT2D eigenvalue weighted by atomic mass is 16.4. The van der Waals surface area contributed by atoms with Gasteiger partial charge in [-0.3, -0.25) is 19.2 Å². The molecule has 158 valence electrons. The van der Waals surface area contributed by atoms with Crippen LogP contribution in [0.25, 0.3) is 0 Å². The largest absolute Gasteiger partial charge is 0.481 e. The minimum atomic E-state index is -1.61. The number of aliphatic hydroxyl groups excluding tert-OH is 2. The number of amides is 3. The third-order valence-electron chi connectivity index (χ3n) is 4.16. The van der Waals surface area contributed by atoms with Crippen LogP contribution < -0.4 is 16.4 Å². The van der Waals surface area contributed by atoms with Crippen LogP contribution >= 0.6 is 0 Å². The molecule has 4 atom stereocenters. The van der Waals surface area contributed by atoms with Gasteiger partial charge in [0.15, 0.2) is 0 Å². The number of carboxylic acids is 2. The van der Waals surface area contributed by atoms with Gasteiger partial charge >= 0.3 is 11.9 Å². The smallest absolute Gasteiger partial charge is 0.328 e. The first-order chi connectivity index (χ1) is 13.1. The molecule has 1 saturated heterocycles. The lowest BCUT2D eigenvalue weighted by atomic mass is 10.1. The Morgan fingerprint density at radius 3 is 2.14 bits per heavy atom. The van der Waals surface area contributed by atoms with E-state index in [9.17, 15) is 29.1 Å². The fraction of sp³-hybridized carbons (Fsp3) is 0.667. The molecule has 0 saturated carbocycles. The first kappa shape index (κ1) is 23.3. The molecule has 3 amide bonds. The van der Waals surface area contributed by atoms with E-state index >= 15 is 0 Å². The number of hydrogen-bond donors (Lipinski definition) is 7. The molecule has 13 heteroatoms. The van der Waals surface area contributed by atoms with Crippen LogP contribution in [0.4, 0.5) is 0 Å². The highest BCUT2D eigenvalue weighted by molar-refractivity contribution is 5.95. The summed E-state index contributed by atoms with van der Waals surface area (Å²) in [5, 5.41) is 40.0. The highest BCUT2D eigenvalue weighted by Gasteiger charge is 2.38. The standard InChI is InChI=1S/C15H24N4O9/c16-7(4-11(22)23)14(26)19-3-1-2-10(19)13(25)17-8(5-20)12(24)18-9(6-21)15(27)28/h7-10,20-21H,1-6,16H2,(H,17,25)(H,18,24)(H,22,23)(H,27,28). The zero-order chi connectivity index (χ0) is 21.4. The van der Waals surface area contributed by atoms with E-state index in [0.717, 1.165) is 4.90 Å². The lowest BCUT2D eigenvalue weighted by molar-refractivity contribution is -0.145. The summed E-state index contributed by atoms with van der Waals surface area (Å²) in [6, 6.07) is -5.46. The average Bonchev–Trinajstić information content (AvgIpc) is 3.11. The van der Waals surface area contributed by atoms with Crippen LogP contribution in [-0.4, -0.2) is 98.9 Å². The lowest BCUT2D eigenvalue weighted by Crippen LogP contribution is -2.58. The van der Waals surface area contributed by atoms with Gasteiger partial charge in [0.25, 0.3) is 0 Å². The lowest BCUT2D eigenvalue weighted by Gasteiger charge is -2.27. The van der Waals surface area contributed by atoms with Crippen molar-refractivity contribution in [2.75, 3.05) is 19.8 Å². The van der Waals surface area contributed by atoms with E-state index in [0.29, 0.717) is 6.42 Å². The minimum Gasteiger partial charge on any atom is -0.481 e. The van der Waals surface area contributed by atoms with E-state index in [1.807, 2.05) is 5.32 Å². The van der Waals surface area contributed by atoms with Crippen LogP contribution in [0.2, 0.25) is 0 Å². The molecular weight excluding hydrogens is 380 g/mol. The molecule has 8 N–H and O–H groups in total. The van der Waals surface area contributed by atoms with Gasteiger partial charge in [0.2, 0.25) is 17.7 Å². The number of carbonyl (C=O) groups excluding carboxylic acids is 3. The quantitative estimate of drug-likeness (QED) is 0.186. The molecule has 1 aliphatic rings. The van der Waals surface area contributed by atoms with Crippen molar-refractivity contribution < 1.29 is 44.4 Å². The van der Waals surface area contributed by atoms with Crippen LogP contribution in [0, 0.1) is 0 Å². The summed E-state index contributed by atoms with van der Waals surface area (Å²) >= 11 is 0. The first-order valence-electron chi connectivity index (χ1n) is 8.45. The van der Waals surface area contributed by atoms with Gasteiger partial charge < -0.3 is 41.7 Å². The van der Waals surface area contributed by atoms with Crippen LogP contribution in [0.1, 0.15) is 19.3 Å². The van der Waals surface area contributed by atoms with Gasteiger partial charge in [-0.05, 0) is 12.8 Å². The Bertz CT molecular complexity index is 627. The summed E-state index contributed by atoms with van der Waals surface area (Å²) in [5.41, 5.74) is 5.55. The van der Waals surface area contributed by atoms with Gasteiger partial charge in [0, 0.05) is 6.54 Å². The zero-order valence-corrected chi connectivity index (χ0v) is 14.9. The third-order valence-corrected chi connectivity index (χ3v) is 4.16. The van der Waals surface area contributed by atoms with Gasteiger partial charge in [0.1, 0.15) is 18.1 Å². The zero-order valence-electron chi connectivity index (χ0n) is 14.9. The normalized spacial score (nSPS) is 19.4. The Balaban J connectivity index is 2.77. The van der Waals surface area contributed by atoms with E-state index < -0.39 is 73.5 Å². The maximum atomic E-state index is 12.4.